The van der Waals surface area contributed by atoms with Gasteiger partial charge in [0.15, 0.2) is 0 Å². The predicted molar refractivity (Wildman–Crippen MR) is 110 cm³/mol. The average Bonchev–Trinajstić information content (AvgIpc) is 2.60. The Bertz CT molecular complexity index is 425. The zero-order valence-corrected chi connectivity index (χ0v) is 18.8. The van der Waals surface area contributed by atoms with Crippen LogP contribution < -0.4 is 5.73 Å². The first-order chi connectivity index (χ1) is 12.5. The van der Waals surface area contributed by atoms with Crippen molar-refractivity contribution in [3.63, 3.8) is 0 Å². The Hall–Kier alpha value is -1.18. The molecular formula is C20H43N3O4. The molecule has 2 amide bonds. The van der Waals surface area contributed by atoms with Gasteiger partial charge in [-0.25, -0.2) is 0 Å². The highest BCUT2D eigenvalue weighted by Gasteiger charge is 2.29. The number of ether oxygens (including phenoxy) is 1. The maximum Gasteiger partial charge on any atom is 0.225 e. The first kappa shape index (κ1) is 28.0. The van der Waals surface area contributed by atoms with Gasteiger partial charge in [0, 0.05) is 46.3 Å². The van der Waals surface area contributed by atoms with Crippen LogP contribution in [0.5, 0.6) is 0 Å². The molecule has 0 aromatic carbocycles. The van der Waals surface area contributed by atoms with Gasteiger partial charge < -0.3 is 25.4 Å². The number of nitrogens with zero attached hydrogens (tertiary/aromatic N) is 2. The molecule has 0 heterocycles. The normalized spacial score (nSPS) is 11.5. The second-order valence-electron chi connectivity index (χ2n) is 8.01. The zero-order valence-electron chi connectivity index (χ0n) is 18.8. The van der Waals surface area contributed by atoms with Crippen molar-refractivity contribution >= 4 is 11.8 Å². The van der Waals surface area contributed by atoms with Crippen LogP contribution in [-0.4, -0.2) is 78.8 Å². The largest absolute Gasteiger partial charge is 0.400 e. The van der Waals surface area contributed by atoms with Gasteiger partial charge in [0.2, 0.25) is 11.8 Å². The van der Waals surface area contributed by atoms with Crippen molar-refractivity contribution in [2.75, 3.05) is 40.9 Å². The quantitative estimate of drug-likeness (QED) is 0.532. The molecule has 7 heteroatoms. The lowest BCUT2D eigenvalue weighted by molar-refractivity contribution is -0.138. The van der Waals surface area contributed by atoms with Crippen LogP contribution >= 0.6 is 0 Å². The summed E-state index contributed by atoms with van der Waals surface area (Å²) in [6, 6.07) is 0. The Morgan fingerprint density at radius 2 is 1.63 bits per heavy atom. The minimum Gasteiger partial charge on any atom is -0.400 e. The third-order valence-electron chi connectivity index (χ3n) is 4.65. The Labute approximate surface area is 166 Å². The summed E-state index contributed by atoms with van der Waals surface area (Å²) in [6.07, 6.45) is 3.19. The SMILES string of the molecule is CCCN(C)C(=O)CC(C)(C)OCCC(C)(C)N(C)C(=O)CCCN.CO. The minimum absolute atomic E-state index is 0.0974. The lowest BCUT2D eigenvalue weighted by Gasteiger charge is -2.37. The summed E-state index contributed by atoms with van der Waals surface area (Å²) < 4.78 is 5.97. The molecule has 0 spiro atoms. The topological polar surface area (TPSA) is 96.1 Å². The van der Waals surface area contributed by atoms with E-state index in [1.807, 2.05) is 41.8 Å². The summed E-state index contributed by atoms with van der Waals surface area (Å²) in [6.45, 7) is 11.8. The third-order valence-corrected chi connectivity index (χ3v) is 4.65. The van der Waals surface area contributed by atoms with Crippen molar-refractivity contribution in [1.29, 1.82) is 0 Å². The Kier molecular flexibility index (Phi) is 14.4. The average molecular weight is 390 g/mol. The molecule has 3 N–H and O–H groups in total. The van der Waals surface area contributed by atoms with Crippen molar-refractivity contribution in [2.24, 2.45) is 5.73 Å². The van der Waals surface area contributed by atoms with Gasteiger partial charge in [0.1, 0.15) is 0 Å². The smallest absolute Gasteiger partial charge is 0.225 e. The van der Waals surface area contributed by atoms with Crippen LogP contribution in [0.4, 0.5) is 0 Å². The fourth-order valence-corrected chi connectivity index (χ4v) is 2.51. The van der Waals surface area contributed by atoms with Crippen molar-refractivity contribution in [1.82, 2.24) is 9.80 Å². The second-order valence-corrected chi connectivity index (χ2v) is 8.01. The van der Waals surface area contributed by atoms with E-state index in [-0.39, 0.29) is 17.4 Å². The molecule has 0 unspecified atom stereocenters. The number of aliphatic hydroxyl groups is 1. The number of rotatable bonds is 12. The Morgan fingerprint density at radius 1 is 1.07 bits per heavy atom. The first-order valence-electron chi connectivity index (χ1n) is 9.76. The van der Waals surface area contributed by atoms with Crippen molar-refractivity contribution in [2.45, 2.75) is 77.9 Å². The van der Waals surface area contributed by atoms with Crippen molar-refractivity contribution in [3.05, 3.63) is 0 Å². The maximum absolute atomic E-state index is 12.2. The summed E-state index contributed by atoms with van der Waals surface area (Å²) in [5, 5.41) is 7.00. The molecule has 0 rings (SSSR count). The van der Waals surface area contributed by atoms with Crippen LogP contribution in [0.25, 0.3) is 0 Å². The van der Waals surface area contributed by atoms with Crippen LogP contribution in [0.3, 0.4) is 0 Å². The van der Waals surface area contributed by atoms with E-state index in [1.165, 1.54) is 0 Å². The van der Waals surface area contributed by atoms with Crippen LogP contribution in [0.2, 0.25) is 0 Å². The van der Waals surface area contributed by atoms with Gasteiger partial charge >= 0.3 is 0 Å². The van der Waals surface area contributed by atoms with E-state index in [0.717, 1.165) is 20.1 Å². The van der Waals surface area contributed by atoms with Gasteiger partial charge in [-0.15, -0.1) is 0 Å². The number of hydrogen-bond acceptors (Lipinski definition) is 5. The number of carbonyl (C=O) groups excluding carboxylic acids is 2. The van der Waals surface area contributed by atoms with Gasteiger partial charge in [-0.2, -0.15) is 0 Å². The maximum atomic E-state index is 12.2. The molecule has 162 valence electrons. The molecule has 0 aliphatic carbocycles. The summed E-state index contributed by atoms with van der Waals surface area (Å²) in [5.41, 5.74) is 4.65. The molecule has 0 aromatic heterocycles. The van der Waals surface area contributed by atoms with E-state index in [9.17, 15) is 9.59 Å². The summed E-state index contributed by atoms with van der Waals surface area (Å²) in [5.74, 6) is 0.200. The fourth-order valence-electron chi connectivity index (χ4n) is 2.51. The van der Waals surface area contributed by atoms with E-state index < -0.39 is 5.60 Å². The standard InChI is InChI=1S/C19H39N3O3.CH4O/c1-8-13-21(6)17(24)15-19(4,5)25-14-11-18(2,3)22(7)16(23)10-9-12-20;1-2/h8-15,20H2,1-7H3;2H,1H3. The van der Waals surface area contributed by atoms with E-state index in [1.54, 1.807) is 9.80 Å². The van der Waals surface area contributed by atoms with Gasteiger partial charge in [-0.1, -0.05) is 6.92 Å². The predicted octanol–water partition coefficient (Wildman–Crippen LogP) is 2.01. The molecule has 0 bridgehead atoms. The van der Waals surface area contributed by atoms with E-state index in [0.29, 0.717) is 38.8 Å². The van der Waals surface area contributed by atoms with Crippen LogP contribution in [0.15, 0.2) is 0 Å². The Morgan fingerprint density at radius 3 is 2.11 bits per heavy atom. The molecule has 0 fully saturated rings. The molecule has 0 aliphatic heterocycles. The highest BCUT2D eigenvalue weighted by Crippen LogP contribution is 2.22. The number of aliphatic hydroxyl groups excluding tert-OH is 1. The van der Waals surface area contributed by atoms with E-state index in [2.05, 4.69) is 6.92 Å². The number of hydrogen-bond donors (Lipinski definition) is 2. The van der Waals surface area contributed by atoms with Gasteiger partial charge in [-0.3, -0.25) is 9.59 Å². The highest BCUT2D eigenvalue weighted by molar-refractivity contribution is 5.77. The Balaban J connectivity index is 0. The van der Waals surface area contributed by atoms with Gasteiger partial charge in [0.05, 0.1) is 12.0 Å². The highest BCUT2D eigenvalue weighted by atomic mass is 16.5. The molecule has 0 saturated heterocycles. The number of carbonyl (C=O) groups is 2. The lowest BCUT2D eigenvalue weighted by atomic mass is 9.98. The second kappa shape index (κ2) is 13.9. The molecule has 0 saturated carbocycles. The summed E-state index contributed by atoms with van der Waals surface area (Å²) in [7, 11) is 4.65. The van der Waals surface area contributed by atoms with Crippen molar-refractivity contribution < 1.29 is 19.4 Å². The molecule has 27 heavy (non-hydrogen) atoms. The van der Waals surface area contributed by atoms with Crippen molar-refractivity contribution in [3.8, 4) is 0 Å². The van der Waals surface area contributed by atoms with Crippen LogP contribution in [0, 0.1) is 0 Å². The fraction of sp³-hybridized carbons (Fsp3) is 0.900. The molecule has 0 radical (unpaired) electrons. The van der Waals surface area contributed by atoms with Gasteiger partial charge in [-0.05, 0) is 53.5 Å². The van der Waals surface area contributed by atoms with Crippen LogP contribution in [0.1, 0.15) is 66.7 Å². The van der Waals surface area contributed by atoms with E-state index in [4.69, 9.17) is 15.6 Å². The number of amides is 2. The summed E-state index contributed by atoms with van der Waals surface area (Å²) in [4.78, 5) is 27.9. The number of nitrogens with two attached hydrogens (primary N) is 1. The monoisotopic (exact) mass is 389 g/mol. The third kappa shape index (κ3) is 12.0. The molecule has 0 aliphatic rings. The molecule has 0 atom stereocenters. The summed E-state index contributed by atoms with van der Waals surface area (Å²) >= 11 is 0. The van der Waals surface area contributed by atoms with E-state index >= 15 is 0 Å². The van der Waals surface area contributed by atoms with Crippen LogP contribution in [-0.2, 0) is 14.3 Å². The zero-order chi connectivity index (χ0) is 21.7. The van der Waals surface area contributed by atoms with Gasteiger partial charge in [0.25, 0.3) is 0 Å². The molecular weight excluding hydrogens is 346 g/mol. The lowest BCUT2D eigenvalue weighted by Crippen LogP contribution is -2.46. The first-order valence-corrected chi connectivity index (χ1v) is 9.76. The minimum atomic E-state index is -0.517. The molecule has 0 aromatic rings. The molecule has 7 nitrogen and oxygen atoms in total.